The number of benzene rings is 1. The van der Waals surface area contributed by atoms with E-state index in [1.54, 1.807) is 0 Å². The van der Waals surface area contributed by atoms with Gasteiger partial charge in [-0.15, -0.1) is 12.4 Å². The summed E-state index contributed by atoms with van der Waals surface area (Å²) in [4.78, 5) is 21.8. The van der Waals surface area contributed by atoms with Crippen LogP contribution in [0.15, 0.2) is 18.2 Å². The van der Waals surface area contributed by atoms with Crippen molar-refractivity contribution in [3.63, 3.8) is 0 Å². The minimum Gasteiger partial charge on any atom is -0.349 e. The van der Waals surface area contributed by atoms with Gasteiger partial charge in [0, 0.05) is 12.1 Å². The molecule has 0 bridgehead atoms. The van der Waals surface area contributed by atoms with Crippen molar-refractivity contribution in [3.05, 3.63) is 39.7 Å². The number of nitrogens with zero attached hydrogens (tertiary/aromatic N) is 1. The molecule has 0 radical (unpaired) electrons. The van der Waals surface area contributed by atoms with Crippen molar-refractivity contribution in [3.8, 4) is 0 Å². The molecule has 2 atom stereocenters. The molecule has 1 aromatic carbocycles. The molecule has 0 heterocycles. The summed E-state index contributed by atoms with van der Waals surface area (Å²) in [6, 6.07) is 2.95. The second-order valence-electron chi connectivity index (χ2n) is 4.93. The van der Waals surface area contributed by atoms with Gasteiger partial charge in [0.15, 0.2) is 0 Å². The third-order valence-electron chi connectivity index (χ3n) is 3.69. The highest BCUT2D eigenvalue weighted by Gasteiger charge is 2.28. The molecule has 8 heteroatoms. The van der Waals surface area contributed by atoms with Crippen LogP contribution < -0.4 is 11.1 Å². The van der Waals surface area contributed by atoms with Crippen LogP contribution in [0.1, 0.15) is 29.6 Å². The molecule has 6 nitrogen and oxygen atoms in total. The molecule has 0 aliphatic heterocycles. The second-order valence-corrected chi connectivity index (χ2v) is 4.93. The SMILES string of the molecule is Cl.NCC1CCCC1NC(=O)c1ccc([N+](=O)[O-])cc1F. The second kappa shape index (κ2) is 7.33. The van der Waals surface area contributed by atoms with Gasteiger partial charge in [-0.1, -0.05) is 6.42 Å². The van der Waals surface area contributed by atoms with Gasteiger partial charge >= 0.3 is 0 Å². The summed E-state index contributed by atoms with van der Waals surface area (Å²) >= 11 is 0. The van der Waals surface area contributed by atoms with Gasteiger partial charge in [-0.25, -0.2) is 4.39 Å². The number of hydrogen-bond donors (Lipinski definition) is 2. The van der Waals surface area contributed by atoms with E-state index in [2.05, 4.69) is 5.32 Å². The van der Waals surface area contributed by atoms with E-state index in [1.165, 1.54) is 0 Å². The standard InChI is InChI=1S/C13H16FN3O3.ClH/c14-11-6-9(17(19)20)4-5-10(11)13(18)16-12-3-1-2-8(12)7-15;/h4-6,8,12H,1-3,7,15H2,(H,16,18);1H. The summed E-state index contributed by atoms with van der Waals surface area (Å²) < 4.78 is 13.7. The van der Waals surface area contributed by atoms with Gasteiger partial charge in [-0.2, -0.15) is 0 Å². The Morgan fingerprint density at radius 3 is 2.76 bits per heavy atom. The number of carbonyl (C=O) groups is 1. The van der Waals surface area contributed by atoms with Crippen LogP contribution in [-0.2, 0) is 0 Å². The molecular formula is C13H17ClFN3O3. The minimum atomic E-state index is -0.890. The predicted octanol–water partition coefficient (Wildman–Crippen LogP) is 2.01. The molecule has 1 aliphatic carbocycles. The highest BCUT2D eigenvalue weighted by Crippen LogP contribution is 2.25. The maximum atomic E-state index is 13.7. The van der Waals surface area contributed by atoms with Gasteiger partial charge in [-0.3, -0.25) is 14.9 Å². The van der Waals surface area contributed by atoms with E-state index in [0.29, 0.717) is 6.54 Å². The lowest BCUT2D eigenvalue weighted by molar-refractivity contribution is -0.385. The van der Waals surface area contributed by atoms with Crippen molar-refractivity contribution in [2.75, 3.05) is 6.54 Å². The number of nitrogens with one attached hydrogen (secondary N) is 1. The van der Waals surface area contributed by atoms with Gasteiger partial charge in [0.05, 0.1) is 16.6 Å². The number of nitro benzene ring substituents is 1. The maximum Gasteiger partial charge on any atom is 0.272 e. The zero-order chi connectivity index (χ0) is 14.7. The molecule has 0 saturated heterocycles. The molecule has 1 aliphatic rings. The maximum absolute atomic E-state index is 13.7. The average Bonchev–Trinajstić information content (AvgIpc) is 2.85. The Labute approximate surface area is 127 Å². The van der Waals surface area contributed by atoms with Crippen molar-refractivity contribution in [1.82, 2.24) is 5.32 Å². The van der Waals surface area contributed by atoms with E-state index >= 15 is 0 Å². The topological polar surface area (TPSA) is 98.3 Å². The smallest absolute Gasteiger partial charge is 0.272 e. The molecular weight excluding hydrogens is 301 g/mol. The lowest BCUT2D eigenvalue weighted by Crippen LogP contribution is -2.40. The third-order valence-corrected chi connectivity index (χ3v) is 3.69. The fourth-order valence-corrected chi connectivity index (χ4v) is 2.56. The number of rotatable bonds is 4. The van der Waals surface area contributed by atoms with Crippen LogP contribution in [0.2, 0.25) is 0 Å². The molecule has 116 valence electrons. The first-order chi connectivity index (χ1) is 9.52. The minimum absolute atomic E-state index is 0. The van der Waals surface area contributed by atoms with E-state index in [-0.39, 0.29) is 35.6 Å². The molecule has 1 amide bonds. The molecule has 0 aromatic heterocycles. The average molecular weight is 318 g/mol. The summed E-state index contributed by atoms with van der Waals surface area (Å²) in [6.07, 6.45) is 2.75. The van der Waals surface area contributed by atoms with Crippen molar-refractivity contribution in [1.29, 1.82) is 0 Å². The van der Waals surface area contributed by atoms with Crippen molar-refractivity contribution in [2.45, 2.75) is 25.3 Å². The first kappa shape index (κ1) is 17.3. The van der Waals surface area contributed by atoms with Gasteiger partial charge in [-0.05, 0) is 31.4 Å². The van der Waals surface area contributed by atoms with Crippen molar-refractivity contribution >= 4 is 24.0 Å². The number of nitrogens with two attached hydrogens (primary N) is 1. The molecule has 1 fully saturated rings. The quantitative estimate of drug-likeness (QED) is 0.655. The summed E-state index contributed by atoms with van der Waals surface area (Å²) in [5.74, 6) is -1.23. The summed E-state index contributed by atoms with van der Waals surface area (Å²) in [7, 11) is 0. The lowest BCUT2D eigenvalue weighted by atomic mass is 10.0. The van der Waals surface area contributed by atoms with Crippen LogP contribution >= 0.6 is 12.4 Å². The first-order valence-electron chi connectivity index (χ1n) is 6.47. The lowest BCUT2D eigenvalue weighted by Gasteiger charge is -2.19. The van der Waals surface area contributed by atoms with E-state index in [1.807, 2.05) is 0 Å². The first-order valence-corrected chi connectivity index (χ1v) is 6.47. The number of carbonyl (C=O) groups excluding carboxylic acids is 1. The predicted molar refractivity (Wildman–Crippen MR) is 78.0 cm³/mol. The van der Waals surface area contributed by atoms with Crippen LogP contribution in [-0.4, -0.2) is 23.4 Å². The van der Waals surface area contributed by atoms with Crippen LogP contribution in [0.5, 0.6) is 0 Å². The summed E-state index contributed by atoms with van der Waals surface area (Å²) in [5.41, 5.74) is 5.06. The monoisotopic (exact) mass is 317 g/mol. The fraction of sp³-hybridized carbons (Fsp3) is 0.462. The molecule has 3 N–H and O–H groups in total. The van der Waals surface area contributed by atoms with Crippen LogP contribution in [0, 0.1) is 21.8 Å². The van der Waals surface area contributed by atoms with Crippen molar-refractivity contribution in [2.24, 2.45) is 11.7 Å². The molecule has 0 spiro atoms. The highest BCUT2D eigenvalue weighted by molar-refractivity contribution is 5.94. The summed E-state index contributed by atoms with van der Waals surface area (Å²) in [5, 5.41) is 13.3. The normalized spacial score (nSPS) is 20.7. The van der Waals surface area contributed by atoms with Crippen LogP contribution in [0.25, 0.3) is 0 Å². The Kier molecular flexibility index (Phi) is 6.04. The molecule has 21 heavy (non-hydrogen) atoms. The van der Waals surface area contributed by atoms with Gasteiger partial charge in [0.2, 0.25) is 0 Å². The zero-order valence-electron chi connectivity index (χ0n) is 11.3. The Morgan fingerprint density at radius 2 is 2.19 bits per heavy atom. The Morgan fingerprint density at radius 1 is 1.48 bits per heavy atom. The Hall–Kier alpha value is -1.73. The summed E-state index contributed by atoms with van der Waals surface area (Å²) in [6.45, 7) is 0.480. The Bertz CT molecular complexity index is 541. The van der Waals surface area contributed by atoms with Crippen LogP contribution in [0.4, 0.5) is 10.1 Å². The van der Waals surface area contributed by atoms with Crippen LogP contribution in [0.3, 0.4) is 0 Å². The van der Waals surface area contributed by atoms with Crippen molar-refractivity contribution < 1.29 is 14.1 Å². The van der Waals surface area contributed by atoms with E-state index < -0.39 is 16.6 Å². The fourth-order valence-electron chi connectivity index (χ4n) is 2.56. The largest absolute Gasteiger partial charge is 0.349 e. The van der Waals surface area contributed by atoms with E-state index in [9.17, 15) is 19.3 Å². The van der Waals surface area contributed by atoms with E-state index in [4.69, 9.17) is 5.73 Å². The third kappa shape index (κ3) is 3.89. The van der Waals surface area contributed by atoms with Gasteiger partial charge in [0.25, 0.3) is 11.6 Å². The number of non-ortho nitro benzene ring substituents is 1. The van der Waals surface area contributed by atoms with E-state index in [0.717, 1.165) is 37.5 Å². The molecule has 1 saturated carbocycles. The number of hydrogen-bond acceptors (Lipinski definition) is 4. The zero-order valence-corrected chi connectivity index (χ0v) is 12.1. The molecule has 1 aromatic rings. The number of halogens is 2. The Balaban J connectivity index is 0.00000220. The highest BCUT2D eigenvalue weighted by atomic mass is 35.5. The number of nitro groups is 1. The molecule has 2 rings (SSSR count). The van der Waals surface area contributed by atoms with Gasteiger partial charge < -0.3 is 11.1 Å². The molecule has 2 unspecified atom stereocenters. The number of amides is 1. The van der Waals surface area contributed by atoms with Gasteiger partial charge in [0.1, 0.15) is 5.82 Å².